The Morgan fingerprint density at radius 2 is 1.38 bits per heavy atom. The minimum Gasteiger partial charge on any atom is -0.445 e. The Bertz CT molecular complexity index is 1890. The Hall–Kier alpha value is -3.91. The number of rotatable bonds is 4. The van der Waals surface area contributed by atoms with Crippen molar-refractivity contribution in [3.8, 4) is 0 Å². The molecule has 0 radical (unpaired) electrons. The molecule has 0 bridgehead atoms. The Morgan fingerprint density at radius 1 is 0.756 bits per heavy atom. The van der Waals surface area contributed by atoms with Crippen molar-refractivity contribution in [2.24, 2.45) is 4.99 Å². The van der Waals surface area contributed by atoms with Gasteiger partial charge in [0.05, 0.1) is 6.61 Å². The molecule has 3 aliphatic heterocycles. The maximum absolute atomic E-state index is 6.92. The van der Waals surface area contributed by atoms with E-state index in [1.807, 2.05) is 60.7 Å². The van der Waals surface area contributed by atoms with Crippen molar-refractivity contribution in [2.75, 3.05) is 6.61 Å². The molecule has 1 unspecified atom stereocenters. The van der Waals surface area contributed by atoms with Gasteiger partial charge < -0.3 is 27.3 Å². The van der Waals surface area contributed by atoms with Crippen molar-refractivity contribution >= 4 is 36.1 Å². The highest BCUT2D eigenvalue weighted by Crippen LogP contribution is 2.43. The minimum absolute atomic E-state index is 0.305. The molecule has 2 fully saturated rings. The van der Waals surface area contributed by atoms with Gasteiger partial charge in [-0.15, -0.1) is 0 Å². The van der Waals surface area contributed by atoms with Crippen LogP contribution in [-0.2, 0) is 18.9 Å². The highest BCUT2D eigenvalue weighted by molar-refractivity contribution is 7.31. The molecule has 9 heteroatoms. The van der Waals surface area contributed by atoms with Crippen LogP contribution in [-0.4, -0.2) is 43.1 Å². The molecule has 0 spiro atoms. The Labute approximate surface area is 262 Å². The van der Waals surface area contributed by atoms with Crippen LogP contribution in [0.2, 0.25) is 0 Å². The second-order valence-electron chi connectivity index (χ2n) is 12.0. The molecule has 5 aromatic rings. The summed E-state index contributed by atoms with van der Waals surface area (Å²) in [7, 11) is -1.94. The third-order valence-electron chi connectivity index (χ3n) is 8.56. The molecular weight excluding hydrogens is 589 g/mol. The van der Waals surface area contributed by atoms with Crippen molar-refractivity contribution < 1.29 is 31.9 Å². The smallest absolute Gasteiger partial charge is 0.387 e. The van der Waals surface area contributed by atoms with E-state index >= 15 is 0 Å². The molecule has 1 aromatic heterocycles. The lowest BCUT2D eigenvalue weighted by atomic mass is 9.96. The van der Waals surface area contributed by atoms with Crippen LogP contribution in [0.15, 0.2) is 98.3 Å². The molecule has 0 aliphatic carbocycles. The van der Waals surface area contributed by atoms with Gasteiger partial charge in [0.25, 0.3) is 0 Å². The molecule has 230 valence electrons. The summed E-state index contributed by atoms with van der Waals surface area (Å²) in [5, 5.41) is 1.98. The highest BCUT2D eigenvalue weighted by atomic mass is 31.1. The first-order chi connectivity index (χ1) is 21.9. The lowest BCUT2D eigenvalue weighted by Gasteiger charge is -2.45. The van der Waals surface area contributed by atoms with E-state index in [1.165, 1.54) is 0 Å². The van der Waals surface area contributed by atoms with Crippen LogP contribution in [0.1, 0.15) is 39.7 Å². The second-order valence-corrected chi connectivity index (χ2v) is 13.0. The lowest BCUT2D eigenvalue weighted by molar-refractivity contribution is -0.324. The van der Waals surface area contributed by atoms with E-state index in [2.05, 4.69) is 52.0 Å². The van der Waals surface area contributed by atoms with E-state index in [9.17, 15) is 0 Å². The maximum Gasteiger partial charge on any atom is 0.387 e. The summed E-state index contributed by atoms with van der Waals surface area (Å²) in [5.41, 5.74) is 7.61. The molecule has 4 heterocycles. The molecule has 45 heavy (non-hydrogen) atoms. The predicted molar refractivity (Wildman–Crippen MR) is 172 cm³/mol. The van der Waals surface area contributed by atoms with Gasteiger partial charge in [0, 0.05) is 21.9 Å². The van der Waals surface area contributed by atoms with Gasteiger partial charge in [0.15, 0.2) is 6.29 Å². The van der Waals surface area contributed by atoms with E-state index in [0.717, 1.165) is 55.3 Å². The first kappa shape index (κ1) is 28.6. The third-order valence-corrected chi connectivity index (χ3v) is 9.64. The average Bonchev–Trinajstić information content (AvgIpc) is 3.41. The quantitative estimate of drug-likeness (QED) is 0.201. The summed E-state index contributed by atoms with van der Waals surface area (Å²) < 4.78 is 45.8. The van der Waals surface area contributed by atoms with Gasteiger partial charge in [-0.25, -0.2) is 4.99 Å². The first-order valence-corrected chi connectivity index (χ1v) is 16.3. The SMILES string of the molecule is Cc1cc(C)c2op(O[C@@H]3[C@H]4N=C(c5ccccc5)O[C@H]4O[C@@H]4COC(c5ccccc5)O[C@@H]34)oc3c(C)cc(C)cc3c2c1. The molecule has 6 atom stereocenters. The number of benzene rings is 4. The molecule has 0 N–H and O–H groups in total. The Balaban J connectivity index is 1.26. The van der Waals surface area contributed by atoms with Gasteiger partial charge in [0.1, 0.15) is 35.5 Å². The zero-order valence-electron chi connectivity index (χ0n) is 25.5. The summed E-state index contributed by atoms with van der Waals surface area (Å²) in [5.74, 6) is 0.502. The summed E-state index contributed by atoms with van der Waals surface area (Å²) >= 11 is 0. The number of fused-ring (bicyclic) bond motifs is 5. The van der Waals surface area contributed by atoms with Crippen LogP contribution < -0.4 is 4.52 Å². The van der Waals surface area contributed by atoms with Crippen LogP contribution >= 0.6 is 8.24 Å². The normalized spacial score (nSPS) is 25.8. The number of hydrogen-bond donors (Lipinski definition) is 0. The highest BCUT2D eigenvalue weighted by Gasteiger charge is 2.55. The van der Waals surface area contributed by atoms with Gasteiger partial charge in [0.2, 0.25) is 12.2 Å². The number of ether oxygens (including phenoxy) is 4. The molecule has 0 saturated carbocycles. The summed E-state index contributed by atoms with van der Waals surface area (Å²) in [6, 6.07) is 27.7. The molecule has 0 amide bonds. The number of hydrogen-bond acceptors (Lipinski definition) is 8. The fourth-order valence-corrected chi connectivity index (χ4v) is 7.90. The predicted octanol–water partition coefficient (Wildman–Crippen LogP) is 8.01. The van der Waals surface area contributed by atoms with E-state index in [1.54, 1.807) is 0 Å². The topological polar surface area (TPSA) is 84.8 Å². The van der Waals surface area contributed by atoms with Crippen LogP contribution in [0.4, 0.5) is 0 Å². The zero-order valence-corrected chi connectivity index (χ0v) is 26.4. The monoisotopic (exact) mass is 623 g/mol. The number of nitrogens with zero attached hydrogens (tertiary/aromatic N) is 1. The second kappa shape index (κ2) is 11.5. The molecular formula is C36H34NO7P. The average molecular weight is 624 g/mol. The third kappa shape index (κ3) is 5.27. The van der Waals surface area contributed by atoms with Crippen molar-refractivity contribution in [1.82, 2.24) is 0 Å². The van der Waals surface area contributed by atoms with E-state index in [4.69, 9.17) is 36.9 Å². The first-order valence-electron chi connectivity index (χ1n) is 15.2. The zero-order chi connectivity index (χ0) is 30.7. The van der Waals surface area contributed by atoms with Crippen LogP contribution in [0.5, 0.6) is 0 Å². The fourth-order valence-electron chi connectivity index (χ4n) is 6.55. The van der Waals surface area contributed by atoms with E-state index in [0.29, 0.717) is 12.5 Å². The molecule has 8 rings (SSSR count). The van der Waals surface area contributed by atoms with Crippen LogP contribution in [0.3, 0.4) is 0 Å². The maximum atomic E-state index is 6.92. The summed E-state index contributed by atoms with van der Waals surface area (Å²) in [4.78, 5) is 5.01. The van der Waals surface area contributed by atoms with Crippen molar-refractivity contribution in [3.63, 3.8) is 0 Å². The van der Waals surface area contributed by atoms with Gasteiger partial charge in [-0.1, -0.05) is 60.7 Å². The number of aliphatic imine (C=N–C) groups is 1. The van der Waals surface area contributed by atoms with Crippen LogP contribution in [0.25, 0.3) is 21.9 Å². The van der Waals surface area contributed by atoms with Gasteiger partial charge in [-0.2, -0.15) is 0 Å². The van der Waals surface area contributed by atoms with Crippen molar-refractivity contribution in [1.29, 1.82) is 0 Å². The van der Waals surface area contributed by atoms with Crippen molar-refractivity contribution in [2.45, 2.75) is 64.6 Å². The van der Waals surface area contributed by atoms with Gasteiger partial charge in [-0.05, 0) is 74.2 Å². The fraction of sp³-hybridized carbons (Fsp3) is 0.306. The molecule has 4 aromatic carbocycles. The Kier molecular flexibility index (Phi) is 7.28. The van der Waals surface area contributed by atoms with Crippen LogP contribution in [0, 0.1) is 27.7 Å². The molecule has 2 saturated heterocycles. The molecule has 3 aliphatic rings. The Morgan fingerprint density at radius 3 is 2.02 bits per heavy atom. The number of aryl methyl sites for hydroxylation is 4. The lowest BCUT2D eigenvalue weighted by Crippen LogP contribution is -2.62. The van der Waals surface area contributed by atoms with Gasteiger partial charge in [-0.3, -0.25) is 4.52 Å². The molecule has 8 nitrogen and oxygen atoms in total. The largest absolute Gasteiger partial charge is 0.445 e. The van der Waals surface area contributed by atoms with Gasteiger partial charge >= 0.3 is 8.24 Å². The minimum atomic E-state index is -1.94. The van der Waals surface area contributed by atoms with Crippen molar-refractivity contribution in [3.05, 3.63) is 118 Å². The van der Waals surface area contributed by atoms with E-state index in [-0.39, 0.29) is 0 Å². The standard InChI is InChI=1S/C36H34NO7P/c1-20-15-22(3)30-26(17-20)27-18-21(2)16-23(4)31(27)43-45(42-30)44-33-29-36(41-34(37-29)24-11-7-5-8-12-24)39-28-19-38-35(40-32(28)33)25-13-9-6-10-14-25/h5-18,28-29,32-33,35-36H,19H2,1-4H3/t28-,29-,32-,33-,35?,36-/m1/s1. The van der Waals surface area contributed by atoms with E-state index < -0.39 is 45.2 Å². The summed E-state index contributed by atoms with van der Waals surface area (Å²) in [6.45, 7) is 8.61. The summed E-state index contributed by atoms with van der Waals surface area (Å²) in [6.07, 6.45) is -2.85.